The van der Waals surface area contributed by atoms with E-state index in [0.717, 1.165) is 22.3 Å². The number of aliphatic carboxylic acids is 1. The van der Waals surface area contributed by atoms with Crippen LogP contribution in [0.5, 0.6) is 0 Å². The third-order valence-corrected chi connectivity index (χ3v) is 5.16. The maximum atomic E-state index is 12.9. The largest absolute Gasteiger partial charge is 0.481 e. The van der Waals surface area contributed by atoms with Crippen LogP contribution in [0, 0.1) is 0 Å². The molecule has 2 amide bonds. The number of amides is 2. The molecule has 2 unspecified atom stereocenters. The molecule has 170 valence electrons. The van der Waals surface area contributed by atoms with Crippen LogP contribution in [0.3, 0.4) is 0 Å². The van der Waals surface area contributed by atoms with Crippen molar-refractivity contribution in [2.45, 2.75) is 37.5 Å². The minimum absolute atomic E-state index is 0.0294. The third-order valence-electron chi connectivity index (χ3n) is 5.16. The summed E-state index contributed by atoms with van der Waals surface area (Å²) in [6.07, 6.45) is -7.25. The predicted octanol–water partition coefficient (Wildman–Crippen LogP) is 3.44. The molecule has 2 atom stereocenters. The molecule has 0 bridgehead atoms. The number of hydrogen-bond donors (Lipinski definition) is 3. The van der Waals surface area contributed by atoms with Gasteiger partial charge in [-0.15, -0.1) is 0 Å². The summed E-state index contributed by atoms with van der Waals surface area (Å²) >= 11 is 0. The number of carbonyl (C=O) groups excluding carboxylic acids is 2. The summed E-state index contributed by atoms with van der Waals surface area (Å²) in [5, 5.41) is 12.4. The number of alkyl carbamates (subject to hydrolysis) is 1. The van der Waals surface area contributed by atoms with Crippen molar-refractivity contribution in [2.75, 3.05) is 6.61 Å². The summed E-state index contributed by atoms with van der Waals surface area (Å²) < 4.78 is 44.0. The van der Waals surface area contributed by atoms with Gasteiger partial charge in [-0.1, -0.05) is 48.5 Å². The van der Waals surface area contributed by atoms with E-state index in [0.29, 0.717) is 0 Å². The Morgan fingerprint density at radius 1 is 1.00 bits per heavy atom. The summed E-state index contributed by atoms with van der Waals surface area (Å²) in [6.45, 7) is 1.14. The van der Waals surface area contributed by atoms with Crippen LogP contribution >= 0.6 is 0 Å². The molecule has 32 heavy (non-hydrogen) atoms. The number of nitrogens with one attached hydrogen (secondary N) is 2. The standard InChI is InChI=1S/C22H21F3N2O5/c1-12(20(30)27-18(10-19(28)29)22(23,24)25)26-21(31)32-11-17-15-8-4-2-6-13(15)14-7-3-5-9-16(14)17/h2-9,12,17-18H,10-11H2,1H3,(H,26,31)(H,27,30)(H,28,29). The van der Waals surface area contributed by atoms with E-state index < -0.39 is 42.7 Å². The number of carboxylic acid groups (broad SMARTS) is 1. The van der Waals surface area contributed by atoms with Gasteiger partial charge in [0.25, 0.3) is 0 Å². The van der Waals surface area contributed by atoms with Crippen LogP contribution in [0.2, 0.25) is 0 Å². The molecule has 7 nitrogen and oxygen atoms in total. The topological polar surface area (TPSA) is 105 Å². The third kappa shape index (κ3) is 5.19. The summed E-state index contributed by atoms with van der Waals surface area (Å²) in [4.78, 5) is 34.8. The van der Waals surface area contributed by atoms with Crippen LogP contribution in [0.15, 0.2) is 48.5 Å². The number of rotatable bonds is 7. The van der Waals surface area contributed by atoms with E-state index in [1.165, 1.54) is 6.92 Å². The number of alkyl halides is 3. The van der Waals surface area contributed by atoms with Crippen LogP contribution < -0.4 is 10.6 Å². The van der Waals surface area contributed by atoms with Crippen molar-refractivity contribution in [2.24, 2.45) is 0 Å². The Kier molecular flexibility index (Phi) is 6.71. The predicted molar refractivity (Wildman–Crippen MR) is 108 cm³/mol. The van der Waals surface area contributed by atoms with Crippen molar-refractivity contribution in [3.63, 3.8) is 0 Å². The van der Waals surface area contributed by atoms with Crippen LogP contribution in [0.25, 0.3) is 11.1 Å². The molecule has 0 radical (unpaired) electrons. The molecule has 0 saturated carbocycles. The normalized spacial score (nSPS) is 14.6. The summed E-state index contributed by atoms with van der Waals surface area (Å²) in [5.74, 6) is -3.12. The summed E-state index contributed by atoms with van der Waals surface area (Å²) in [6, 6.07) is 11.4. The molecule has 0 saturated heterocycles. The monoisotopic (exact) mass is 450 g/mol. The molecule has 1 aliphatic carbocycles. The molecule has 1 aliphatic rings. The number of halogens is 3. The number of carbonyl (C=O) groups is 3. The second kappa shape index (κ2) is 9.29. The van der Waals surface area contributed by atoms with E-state index >= 15 is 0 Å². The zero-order chi connectivity index (χ0) is 23.5. The van der Waals surface area contributed by atoms with Crippen LogP contribution in [-0.4, -0.2) is 47.9 Å². The fraction of sp³-hybridized carbons (Fsp3) is 0.318. The first-order chi connectivity index (χ1) is 15.1. The fourth-order valence-corrected chi connectivity index (χ4v) is 3.60. The second-order valence-electron chi connectivity index (χ2n) is 7.39. The highest BCUT2D eigenvalue weighted by atomic mass is 19.4. The molecule has 2 aromatic carbocycles. The van der Waals surface area contributed by atoms with Gasteiger partial charge in [-0.3, -0.25) is 9.59 Å². The lowest BCUT2D eigenvalue weighted by molar-refractivity contribution is -0.170. The Hall–Kier alpha value is -3.56. The molecular weight excluding hydrogens is 429 g/mol. The molecule has 0 heterocycles. The quantitative estimate of drug-likeness (QED) is 0.600. The molecule has 0 aliphatic heterocycles. The lowest BCUT2D eigenvalue weighted by Crippen LogP contribution is -2.53. The number of ether oxygens (including phenoxy) is 1. The van der Waals surface area contributed by atoms with Gasteiger partial charge in [-0.25, -0.2) is 4.79 Å². The van der Waals surface area contributed by atoms with Crippen LogP contribution in [0.4, 0.5) is 18.0 Å². The Morgan fingerprint density at radius 2 is 1.53 bits per heavy atom. The molecule has 10 heteroatoms. The maximum Gasteiger partial charge on any atom is 0.409 e. The number of fused-ring (bicyclic) bond motifs is 3. The van der Waals surface area contributed by atoms with E-state index in [4.69, 9.17) is 9.84 Å². The number of carboxylic acids is 1. The maximum absolute atomic E-state index is 12.9. The first-order valence-corrected chi connectivity index (χ1v) is 9.78. The van der Waals surface area contributed by atoms with Gasteiger partial charge < -0.3 is 20.5 Å². The smallest absolute Gasteiger partial charge is 0.409 e. The van der Waals surface area contributed by atoms with Gasteiger partial charge in [0.15, 0.2) is 0 Å². The average Bonchev–Trinajstić information content (AvgIpc) is 3.04. The van der Waals surface area contributed by atoms with Gasteiger partial charge in [0.05, 0.1) is 6.42 Å². The van der Waals surface area contributed by atoms with Gasteiger partial charge in [0, 0.05) is 5.92 Å². The lowest BCUT2D eigenvalue weighted by Gasteiger charge is -2.22. The Morgan fingerprint density at radius 3 is 2.03 bits per heavy atom. The van der Waals surface area contributed by atoms with Crippen molar-refractivity contribution >= 4 is 18.0 Å². The molecule has 0 aromatic heterocycles. The minimum Gasteiger partial charge on any atom is -0.481 e. The molecule has 0 fully saturated rings. The molecule has 2 aromatic rings. The van der Waals surface area contributed by atoms with Gasteiger partial charge in [-0.05, 0) is 29.2 Å². The Bertz CT molecular complexity index is 979. The van der Waals surface area contributed by atoms with E-state index in [1.54, 1.807) is 5.32 Å². The van der Waals surface area contributed by atoms with Gasteiger partial charge in [0.1, 0.15) is 18.7 Å². The summed E-state index contributed by atoms with van der Waals surface area (Å²) in [7, 11) is 0. The zero-order valence-electron chi connectivity index (χ0n) is 17.0. The van der Waals surface area contributed by atoms with E-state index in [9.17, 15) is 27.6 Å². The zero-order valence-corrected chi connectivity index (χ0v) is 17.0. The van der Waals surface area contributed by atoms with Gasteiger partial charge in [-0.2, -0.15) is 13.2 Å². The first kappa shape index (κ1) is 23.1. The Balaban J connectivity index is 1.59. The van der Waals surface area contributed by atoms with Gasteiger partial charge >= 0.3 is 18.2 Å². The first-order valence-electron chi connectivity index (χ1n) is 9.78. The molecular formula is C22H21F3N2O5. The SMILES string of the molecule is CC(NC(=O)OCC1c2ccccc2-c2ccccc21)C(=O)NC(CC(=O)O)C(F)(F)F. The molecule has 3 rings (SSSR count). The minimum atomic E-state index is -4.95. The fourth-order valence-electron chi connectivity index (χ4n) is 3.60. The van der Waals surface area contributed by atoms with Crippen molar-refractivity contribution in [1.29, 1.82) is 0 Å². The molecule has 0 spiro atoms. The average molecular weight is 450 g/mol. The van der Waals surface area contributed by atoms with Crippen molar-refractivity contribution in [1.82, 2.24) is 10.6 Å². The van der Waals surface area contributed by atoms with Crippen LogP contribution in [0.1, 0.15) is 30.4 Å². The Labute approximate surface area is 181 Å². The second-order valence-corrected chi connectivity index (χ2v) is 7.39. The van der Waals surface area contributed by atoms with Gasteiger partial charge in [0.2, 0.25) is 5.91 Å². The van der Waals surface area contributed by atoms with Crippen molar-refractivity contribution in [3.8, 4) is 11.1 Å². The number of benzene rings is 2. The molecule has 3 N–H and O–H groups in total. The lowest BCUT2D eigenvalue weighted by atomic mass is 9.98. The van der Waals surface area contributed by atoms with Crippen molar-refractivity contribution < 1.29 is 37.4 Å². The van der Waals surface area contributed by atoms with Crippen molar-refractivity contribution in [3.05, 3.63) is 59.7 Å². The highest BCUT2D eigenvalue weighted by Gasteiger charge is 2.42. The number of hydrogen-bond acceptors (Lipinski definition) is 4. The van der Waals surface area contributed by atoms with Crippen LogP contribution in [-0.2, 0) is 14.3 Å². The van der Waals surface area contributed by atoms with E-state index in [-0.39, 0.29) is 12.5 Å². The highest BCUT2D eigenvalue weighted by molar-refractivity contribution is 5.86. The summed E-state index contributed by atoms with van der Waals surface area (Å²) in [5.41, 5.74) is 4.02. The van der Waals surface area contributed by atoms with E-state index in [2.05, 4.69) is 5.32 Å². The highest BCUT2D eigenvalue weighted by Crippen LogP contribution is 2.44. The van der Waals surface area contributed by atoms with E-state index in [1.807, 2.05) is 48.5 Å².